The van der Waals surface area contributed by atoms with E-state index in [4.69, 9.17) is 0 Å². The summed E-state index contributed by atoms with van der Waals surface area (Å²) in [6.45, 7) is 4.41. The fourth-order valence-corrected chi connectivity index (χ4v) is 2.61. The molecule has 0 aliphatic heterocycles. The van der Waals surface area contributed by atoms with Gasteiger partial charge in [-0.1, -0.05) is 18.6 Å². The maximum Gasteiger partial charge on any atom is 0.0616 e. The van der Waals surface area contributed by atoms with Crippen molar-refractivity contribution in [2.75, 3.05) is 0 Å². The Morgan fingerprint density at radius 1 is 1.70 bits per heavy atom. The third-order valence-corrected chi connectivity index (χ3v) is 3.19. The lowest BCUT2D eigenvalue weighted by Gasteiger charge is -2.48. The standard InChI is InChI=1S/C9H14O/c1-6-3-4-9(2)5-7(10)8(6)9/h3,7-8,10H,4-5H2,1-2H3/t7-,8+,9-/m0/s1. The summed E-state index contributed by atoms with van der Waals surface area (Å²) < 4.78 is 0. The second-order valence-electron chi connectivity index (χ2n) is 4.06. The van der Waals surface area contributed by atoms with E-state index in [1.165, 1.54) is 12.0 Å². The van der Waals surface area contributed by atoms with Crippen LogP contribution in [0, 0.1) is 11.3 Å². The molecular weight excluding hydrogens is 124 g/mol. The van der Waals surface area contributed by atoms with E-state index in [0.29, 0.717) is 11.3 Å². The second-order valence-corrected chi connectivity index (χ2v) is 4.06. The van der Waals surface area contributed by atoms with E-state index in [-0.39, 0.29) is 6.10 Å². The van der Waals surface area contributed by atoms with Crippen LogP contribution in [0.2, 0.25) is 0 Å². The molecule has 0 unspecified atom stereocenters. The van der Waals surface area contributed by atoms with E-state index in [1.807, 2.05) is 0 Å². The van der Waals surface area contributed by atoms with Gasteiger partial charge in [0.25, 0.3) is 0 Å². The first kappa shape index (κ1) is 6.41. The Morgan fingerprint density at radius 2 is 2.40 bits per heavy atom. The average Bonchev–Trinajstić information content (AvgIpc) is 2.03. The molecule has 0 bridgehead atoms. The van der Waals surface area contributed by atoms with E-state index in [0.717, 1.165) is 6.42 Å². The first-order valence-corrected chi connectivity index (χ1v) is 3.98. The molecule has 0 radical (unpaired) electrons. The summed E-state index contributed by atoms with van der Waals surface area (Å²) >= 11 is 0. The second kappa shape index (κ2) is 1.65. The van der Waals surface area contributed by atoms with Crippen LogP contribution >= 0.6 is 0 Å². The van der Waals surface area contributed by atoms with Crippen molar-refractivity contribution in [2.45, 2.75) is 32.8 Å². The van der Waals surface area contributed by atoms with Crippen molar-refractivity contribution in [1.82, 2.24) is 0 Å². The summed E-state index contributed by atoms with van der Waals surface area (Å²) in [4.78, 5) is 0. The van der Waals surface area contributed by atoms with Gasteiger partial charge in [0.2, 0.25) is 0 Å². The molecule has 3 atom stereocenters. The zero-order valence-electron chi connectivity index (χ0n) is 6.59. The number of fused-ring (bicyclic) bond motifs is 1. The lowest BCUT2D eigenvalue weighted by molar-refractivity contribution is -0.0655. The molecule has 0 aromatic heterocycles. The third kappa shape index (κ3) is 0.567. The number of aliphatic hydroxyl groups excluding tert-OH is 1. The van der Waals surface area contributed by atoms with Gasteiger partial charge in [-0.2, -0.15) is 0 Å². The maximum absolute atomic E-state index is 9.41. The SMILES string of the molecule is CC1=CC[C@@]2(C)C[C@H](O)[C@@H]12. The highest BCUT2D eigenvalue weighted by atomic mass is 16.3. The zero-order valence-corrected chi connectivity index (χ0v) is 6.59. The molecule has 1 N–H and O–H groups in total. The van der Waals surface area contributed by atoms with Crippen molar-refractivity contribution in [1.29, 1.82) is 0 Å². The Hall–Kier alpha value is -0.300. The van der Waals surface area contributed by atoms with Crippen molar-refractivity contribution in [3.8, 4) is 0 Å². The normalized spacial score (nSPS) is 51.7. The van der Waals surface area contributed by atoms with E-state index in [1.54, 1.807) is 0 Å². The van der Waals surface area contributed by atoms with Gasteiger partial charge in [0.05, 0.1) is 6.10 Å². The largest absolute Gasteiger partial charge is 0.392 e. The van der Waals surface area contributed by atoms with Gasteiger partial charge in [-0.25, -0.2) is 0 Å². The Labute approximate surface area is 61.8 Å². The first-order chi connectivity index (χ1) is 4.63. The van der Waals surface area contributed by atoms with E-state index < -0.39 is 0 Å². The molecule has 1 saturated carbocycles. The number of allylic oxidation sites excluding steroid dienone is 1. The molecule has 10 heavy (non-hydrogen) atoms. The van der Waals surface area contributed by atoms with Crippen molar-refractivity contribution in [3.63, 3.8) is 0 Å². The van der Waals surface area contributed by atoms with Crippen molar-refractivity contribution >= 4 is 0 Å². The number of hydrogen-bond acceptors (Lipinski definition) is 1. The Balaban J connectivity index is 2.24. The number of rotatable bonds is 0. The van der Waals surface area contributed by atoms with Gasteiger partial charge in [0.1, 0.15) is 0 Å². The molecule has 2 rings (SSSR count). The molecule has 2 aliphatic rings. The van der Waals surface area contributed by atoms with Crippen LogP contribution < -0.4 is 0 Å². The molecule has 1 nitrogen and oxygen atoms in total. The average molecular weight is 138 g/mol. The molecule has 2 aliphatic carbocycles. The van der Waals surface area contributed by atoms with Crippen LogP contribution in [0.25, 0.3) is 0 Å². The van der Waals surface area contributed by atoms with Gasteiger partial charge >= 0.3 is 0 Å². The first-order valence-electron chi connectivity index (χ1n) is 3.98. The van der Waals surface area contributed by atoms with Crippen LogP contribution in [0.4, 0.5) is 0 Å². The zero-order chi connectivity index (χ0) is 7.35. The van der Waals surface area contributed by atoms with E-state index >= 15 is 0 Å². The molecule has 0 heterocycles. The lowest BCUT2D eigenvalue weighted by Crippen LogP contribution is -2.47. The fraction of sp³-hybridized carbons (Fsp3) is 0.778. The number of hydrogen-bond donors (Lipinski definition) is 1. The summed E-state index contributed by atoms with van der Waals surface area (Å²) in [6.07, 6.45) is 4.43. The molecule has 0 spiro atoms. The van der Waals surface area contributed by atoms with Gasteiger partial charge in [-0.15, -0.1) is 0 Å². The summed E-state index contributed by atoms with van der Waals surface area (Å²) in [6, 6.07) is 0. The molecular formula is C9H14O. The Kier molecular flexibility index (Phi) is 1.06. The minimum atomic E-state index is -0.0382. The molecule has 1 fully saturated rings. The smallest absolute Gasteiger partial charge is 0.0616 e. The summed E-state index contributed by atoms with van der Waals surface area (Å²) in [5.41, 5.74) is 1.84. The molecule has 56 valence electrons. The predicted octanol–water partition coefficient (Wildman–Crippen LogP) is 1.72. The number of aliphatic hydroxyl groups is 1. The molecule has 0 aromatic rings. The van der Waals surface area contributed by atoms with Crippen LogP contribution in [0.1, 0.15) is 26.7 Å². The van der Waals surface area contributed by atoms with Gasteiger partial charge in [0, 0.05) is 5.92 Å². The van der Waals surface area contributed by atoms with Gasteiger partial charge in [0.15, 0.2) is 0 Å². The van der Waals surface area contributed by atoms with Gasteiger partial charge in [-0.3, -0.25) is 0 Å². The van der Waals surface area contributed by atoms with Crippen LogP contribution in [-0.4, -0.2) is 11.2 Å². The fourth-order valence-electron chi connectivity index (χ4n) is 2.61. The van der Waals surface area contributed by atoms with Crippen LogP contribution in [0.5, 0.6) is 0 Å². The molecule has 0 saturated heterocycles. The summed E-state index contributed by atoms with van der Waals surface area (Å²) in [5.74, 6) is 0.493. The molecule has 0 amide bonds. The lowest BCUT2D eigenvalue weighted by atomic mass is 9.59. The molecule has 0 aromatic carbocycles. The minimum absolute atomic E-state index is 0.0382. The highest BCUT2D eigenvalue weighted by Crippen LogP contribution is 2.56. The monoisotopic (exact) mass is 138 g/mol. The highest BCUT2D eigenvalue weighted by Gasteiger charge is 2.52. The van der Waals surface area contributed by atoms with E-state index in [9.17, 15) is 5.11 Å². The van der Waals surface area contributed by atoms with Crippen molar-refractivity contribution < 1.29 is 5.11 Å². The third-order valence-electron chi connectivity index (χ3n) is 3.19. The van der Waals surface area contributed by atoms with Crippen molar-refractivity contribution in [2.24, 2.45) is 11.3 Å². The predicted molar refractivity (Wildman–Crippen MR) is 40.6 cm³/mol. The minimum Gasteiger partial charge on any atom is -0.392 e. The van der Waals surface area contributed by atoms with Crippen LogP contribution in [-0.2, 0) is 0 Å². The summed E-state index contributed by atoms with van der Waals surface area (Å²) in [7, 11) is 0. The topological polar surface area (TPSA) is 20.2 Å². The van der Waals surface area contributed by atoms with E-state index in [2.05, 4.69) is 19.9 Å². The van der Waals surface area contributed by atoms with Crippen LogP contribution in [0.3, 0.4) is 0 Å². The summed E-state index contributed by atoms with van der Waals surface area (Å²) in [5, 5.41) is 9.41. The molecule has 1 heteroatoms. The van der Waals surface area contributed by atoms with Crippen molar-refractivity contribution in [3.05, 3.63) is 11.6 Å². The maximum atomic E-state index is 9.41. The quantitative estimate of drug-likeness (QED) is 0.505. The highest BCUT2D eigenvalue weighted by molar-refractivity contribution is 5.24. The van der Waals surface area contributed by atoms with Gasteiger partial charge < -0.3 is 5.11 Å². The van der Waals surface area contributed by atoms with Gasteiger partial charge in [-0.05, 0) is 25.2 Å². The van der Waals surface area contributed by atoms with Crippen LogP contribution in [0.15, 0.2) is 11.6 Å². The Morgan fingerprint density at radius 3 is 2.80 bits per heavy atom. The Bertz CT molecular complexity index is 195.